The Labute approximate surface area is 239 Å². The fourth-order valence-electron chi connectivity index (χ4n) is 10.3. The summed E-state index contributed by atoms with van der Waals surface area (Å²) >= 11 is 0. The van der Waals surface area contributed by atoms with E-state index in [4.69, 9.17) is 14.2 Å². The maximum absolute atomic E-state index is 13.0. The topological polar surface area (TPSA) is 102 Å². The number of hydrogen-bond donors (Lipinski definition) is 2. The predicted octanol–water partition coefficient (Wildman–Crippen LogP) is 4.99. The molecule has 0 aromatic rings. The maximum atomic E-state index is 13.0. The zero-order valence-corrected chi connectivity index (χ0v) is 25.8. The summed E-state index contributed by atoms with van der Waals surface area (Å²) in [5.41, 5.74) is -1.18. The standard InChI is InChI=1S/C33H50O7/c1-18(34)39-26-17-24-29(2,3)25(35)13-15-32(24,7)23-12-14-31(6)20(10-11-22(31)33(23,26)8)19-16-21(40-28(19)38-9)27(36)30(4,5)37/h11,13,15,19-21,23-24,26-28,36-37H,10,12,14,16-17H2,1-9H3/t19-,20-,21+,23+,24-,26+,27+,28+,31-,32+,33-/m0/s1. The number of ether oxygens (including phenoxy) is 3. The summed E-state index contributed by atoms with van der Waals surface area (Å²) in [6, 6.07) is 0. The summed E-state index contributed by atoms with van der Waals surface area (Å²) in [5, 5.41) is 21.3. The van der Waals surface area contributed by atoms with Crippen molar-refractivity contribution in [3.63, 3.8) is 0 Å². The first-order valence-corrected chi connectivity index (χ1v) is 15.1. The number of hydrogen-bond acceptors (Lipinski definition) is 7. The molecular formula is C33H50O7. The first kappa shape index (κ1) is 29.9. The average molecular weight is 559 g/mol. The Bertz CT molecular complexity index is 1120. The lowest BCUT2D eigenvalue weighted by Crippen LogP contribution is -2.64. The van der Waals surface area contributed by atoms with Gasteiger partial charge in [-0.25, -0.2) is 0 Å². The minimum absolute atomic E-state index is 0.0520. The van der Waals surface area contributed by atoms with E-state index in [1.165, 1.54) is 12.5 Å². The van der Waals surface area contributed by atoms with Crippen molar-refractivity contribution in [2.45, 2.75) is 118 Å². The van der Waals surface area contributed by atoms with Crippen LogP contribution in [0.25, 0.3) is 0 Å². The second kappa shape index (κ2) is 9.48. The molecule has 11 atom stereocenters. The summed E-state index contributed by atoms with van der Waals surface area (Å²) in [5.74, 6) is 0.442. The van der Waals surface area contributed by atoms with Crippen LogP contribution in [0.2, 0.25) is 0 Å². The van der Waals surface area contributed by atoms with Crippen molar-refractivity contribution in [2.24, 2.45) is 45.3 Å². The Balaban J connectivity index is 1.53. The van der Waals surface area contributed by atoms with E-state index < -0.39 is 29.5 Å². The molecule has 1 heterocycles. The Hall–Kier alpha value is -1.54. The summed E-state index contributed by atoms with van der Waals surface area (Å²) < 4.78 is 18.2. The van der Waals surface area contributed by atoms with Crippen molar-refractivity contribution in [3.8, 4) is 0 Å². The maximum Gasteiger partial charge on any atom is 0.302 e. The van der Waals surface area contributed by atoms with Gasteiger partial charge in [-0.15, -0.1) is 0 Å². The first-order chi connectivity index (χ1) is 18.4. The number of aliphatic hydroxyl groups is 2. The lowest BCUT2D eigenvalue weighted by molar-refractivity contribution is -0.193. The fourth-order valence-corrected chi connectivity index (χ4v) is 10.3. The van der Waals surface area contributed by atoms with Gasteiger partial charge in [0.1, 0.15) is 12.2 Å². The third-order valence-corrected chi connectivity index (χ3v) is 12.3. The van der Waals surface area contributed by atoms with E-state index in [1.54, 1.807) is 27.0 Å². The van der Waals surface area contributed by atoms with Crippen molar-refractivity contribution in [1.29, 1.82) is 0 Å². The Kier molecular flexibility index (Phi) is 7.10. The van der Waals surface area contributed by atoms with Gasteiger partial charge in [0, 0.05) is 30.8 Å². The number of carbonyl (C=O) groups excluding carboxylic acids is 2. The summed E-state index contributed by atoms with van der Waals surface area (Å²) in [7, 11) is 1.65. The molecule has 3 fully saturated rings. The molecule has 5 aliphatic rings. The number of fused-ring (bicyclic) bond motifs is 5. The van der Waals surface area contributed by atoms with E-state index in [2.05, 4.69) is 46.8 Å². The van der Waals surface area contributed by atoms with E-state index in [0.29, 0.717) is 12.8 Å². The molecule has 1 aliphatic heterocycles. The number of carbonyl (C=O) groups is 2. The van der Waals surface area contributed by atoms with Crippen LogP contribution in [0.1, 0.15) is 87.5 Å². The van der Waals surface area contributed by atoms with Crippen LogP contribution in [0.5, 0.6) is 0 Å². The van der Waals surface area contributed by atoms with Crippen LogP contribution in [0.4, 0.5) is 0 Å². The molecule has 2 saturated carbocycles. The molecule has 7 nitrogen and oxygen atoms in total. The summed E-state index contributed by atoms with van der Waals surface area (Å²) in [6.07, 6.45) is 8.11. The third kappa shape index (κ3) is 4.12. The molecule has 40 heavy (non-hydrogen) atoms. The van der Waals surface area contributed by atoms with E-state index in [9.17, 15) is 19.8 Å². The number of methoxy groups -OCH3 is 1. The number of rotatable bonds is 5. The SMILES string of the molecule is CO[C@@H]1O[C@@H]([C@@H](O)C(C)(C)O)C[C@H]1[C@@H]1CC=C2[C@@]3(C)[C@H](CC[C@]21C)[C@@]1(C)C=CC(=O)C(C)(C)[C@@H]1C[C@H]3OC(C)=O. The highest BCUT2D eigenvalue weighted by Crippen LogP contribution is 2.72. The third-order valence-electron chi connectivity index (χ3n) is 12.3. The molecule has 0 unspecified atom stereocenters. The van der Waals surface area contributed by atoms with Crippen LogP contribution in [0.3, 0.4) is 0 Å². The molecule has 224 valence electrons. The molecule has 2 N–H and O–H groups in total. The van der Waals surface area contributed by atoms with Gasteiger partial charge in [-0.1, -0.05) is 52.3 Å². The predicted molar refractivity (Wildman–Crippen MR) is 151 cm³/mol. The van der Waals surface area contributed by atoms with Gasteiger partial charge in [-0.3, -0.25) is 9.59 Å². The Morgan fingerprint density at radius 2 is 1.82 bits per heavy atom. The zero-order chi connectivity index (χ0) is 29.6. The van der Waals surface area contributed by atoms with Crippen LogP contribution in [-0.2, 0) is 23.8 Å². The van der Waals surface area contributed by atoms with Crippen molar-refractivity contribution in [1.82, 2.24) is 0 Å². The van der Waals surface area contributed by atoms with Gasteiger partial charge in [-0.2, -0.15) is 0 Å². The molecule has 0 aromatic carbocycles. The molecule has 0 amide bonds. The van der Waals surface area contributed by atoms with Crippen molar-refractivity contribution >= 4 is 11.8 Å². The Morgan fingerprint density at radius 1 is 1.15 bits per heavy atom. The van der Waals surface area contributed by atoms with E-state index in [-0.39, 0.29) is 57.8 Å². The number of aliphatic hydroxyl groups excluding tert-OH is 1. The minimum atomic E-state index is -1.28. The van der Waals surface area contributed by atoms with E-state index >= 15 is 0 Å². The van der Waals surface area contributed by atoms with Gasteiger partial charge >= 0.3 is 5.97 Å². The summed E-state index contributed by atoms with van der Waals surface area (Å²) in [4.78, 5) is 25.5. The molecular weight excluding hydrogens is 508 g/mol. The molecule has 7 heteroatoms. The van der Waals surface area contributed by atoms with Gasteiger partial charge in [0.2, 0.25) is 0 Å². The van der Waals surface area contributed by atoms with Gasteiger partial charge in [-0.05, 0) is 80.6 Å². The highest BCUT2D eigenvalue weighted by atomic mass is 16.7. The van der Waals surface area contributed by atoms with Crippen LogP contribution in [-0.4, -0.2) is 59.3 Å². The number of ketones is 1. The molecule has 0 bridgehead atoms. The quantitative estimate of drug-likeness (QED) is 0.362. The molecule has 1 saturated heterocycles. The summed E-state index contributed by atoms with van der Waals surface area (Å²) in [6.45, 7) is 15.8. The monoisotopic (exact) mass is 558 g/mol. The molecule has 0 spiro atoms. The van der Waals surface area contributed by atoms with Crippen molar-refractivity contribution < 1.29 is 34.0 Å². The zero-order valence-electron chi connectivity index (χ0n) is 25.8. The lowest BCUT2D eigenvalue weighted by Gasteiger charge is -2.66. The number of allylic oxidation sites excluding steroid dienone is 3. The van der Waals surface area contributed by atoms with Crippen LogP contribution in [0.15, 0.2) is 23.8 Å². The second-order valence-corrected chi connectivity index (χ2v) is 15.2. The highest BCUT2D eigenvalue weighted by Gasteiger charge is 2.69. The van der Waals surface area contributed by atoms with Gasteiger partial charge < -0.3 is 24.4 Å². The smallest absolute Gasteiger partial charge is 0.302 e. The first-order valence-electron chi connectivity index (χ1n) is 15.1. The average Bonchev–Trinajstić information content (AvgIpc) is 3.43. The Morgan fingerprint density at radius 3 is 2.42 bits per heavy atom. The highest BCUT2D eigenvalue weighted by molar-refractivity contribution is 5.95. The fraction of sp³-hybridized carbons (Fsp3) is 0.818. The largest absolute Gasteiger partial charge is 0.462 e. The number of esters is 1. The second-order valence-electron chi connectivity index (χ2n) is 15.2. The van der Waals surface area contributed by atoms with Gasteiger partial charge in [0.25, 0.3) is 0 Å². The van der Waals surface area contributed by atoms with Gasteiger partial charge in [0.05, 0.1) is 11.7 Å². The van der Waals surface area contributed by atoms with E-state index in [0.717, 1.165) is 19.3 Å². The minimum Gasteiger partial charge on any atom is -0.462 e. The normalized spacial score (nSPS) is 46.7. The van der Waals surface area contributed by atoms with Crippen LogP contribution in [0, 0.1) is 45.3 Å². The molecule has 4 aliphatic carbocycles. The van der Waals surface area contributed by atoms with Crippen LogP contribution < -0.4 is 0 Å². The molecule has 0 aromatic heterocycles. The van der Waals surface area contributed by atoms with Crippen molar-refractivity contribution in [2.75, 3.05) is 7.11 Å². The lowest BCUT2D eigenvalue weighted by atomic mass is 9.38. The molecule has 5 rings (SSSR count). The van der Waals surface area contributed by atoms with Crippen LogP contribution >= 0.6 is 0 Å². The molecule has 0 radical (unpaired) electrons. The van der Waals surface area contributed by atoms with Gasteiger partial charge in [0.15, 0.2) is 12.1 Å². The van der Waals surface area contributed by atoms with Crippen molar-refractivity contribution in [3.05, 3.63) is 23.8 Å². The van der Waals surface area contributed by atoms with E-state index in [1.807, 2.05) is 0 Å².